The molecule has 0 saturated heterocycles. The largest absolute Gasteiger partial charge is 0.323 e. The van der Waals surface area contributed by atoms with Gasteiger partial charge >= 0.3 is 0 Å². The Bertz CT molecular complexity index is 1180. The molecule has 0 saturated carbocycles. The first-order valence-corrected chi connectivity index (χ1v) is 9.86. The molecule has 0 unspecified atom stereocenters. The number of amides is 3. The summed E-state index contributed by atoms with van der Waals surface area (Å²) in [7, 11) is 0. The lowest BCUT2D eigenvalue weighted by Gasteiger charge is -2.29. The van der Waals surface area contributed by atoms with Crippen molar-refractivity contribution in [3.05, 3.63) is 95.6 Å². The van der Waals surface area contributed by atoms with Crippen molar-refractivity contribution in [2.24, 2.45) is 0 Å². The van der Waals surface area contributed by atoms with Crippen LogP contribution >= 0.6 is 0 Å². The van der Waals surface area contributed by atoms with Crippen LogP contribution in [0.5, 0.6) is 0 Å². The Morgan fingerprint density at radius 3 is 2.55 bits per heavy atom. The quantitative estimate of drug-likeness (QED) is 0.630. The second kappa shape index (κ2) is 8.67. The number of carbonyl (C=O) groups excluding carboxylic acids is 3. The molecule has 0 spiro atoms. The number of hydrogen-bond donors (Lipinski definition) is 2. The van der Waals surface area contributed by atoms with Gasteiger partial charge in [-0.05, 0) is 55.0 Å². The van der Waals surface area contributed by atoms with Crippen molar-refractivity contribution in [2.45, 2.75) is 6.92 Å². The van der Waals surface area contributed by atoms with E-state index in [9.17, 15) is 14.4 Å². The van der Waals surface area contributed by atoms with Crippen LogP contribution in [-0.2, 0) is 9.59 Å². The fourth-order valence-corrected chi connectivity index (χ4v) is 3.40. The average Bonchev–Trinajstić information content (AvgIpc) is 2.77. The van der Waals surface area contributed by atoms with Gasteiger partial charge in [0.1, 0.15) is 6.54 Å². The van der Waals surface area contributed by atoms with Gasteiger partial charge in [0.2, 0.25) is 11.8 Å². The number of carbonyl (C=O) groups is 3. The van der Waals surface area contributed by atoms with E-state index in [1.165, 1.54) is 11.0 Å². The van der Waals surface area contributed by atoms with Gasteiger partial charge in [-0.2, -0.15) is 0 Å². The maximum Gasteiger partial charge on any atom is 0.258 e. The van der Waals surface area contributed by atoms with Crippen molar-refractivity contribution in [3.8, 4) is 0 Å². The van der Waals surface area contributed by atoms with Gasteiger partial charge in [0.05, 0.1) is 11.4 Å². The van der Waals surface area contributed by atoms with E-state index in [1.807, 2.05) is 37.3 Å². The average molecular weight is 411 g/mol. The number of aryl methyl sites for hydroxylation is 1. The highest BCUT2D eigenvalue weighted by atomic mass is 16.2. The molecule has 0 aromatic heterocycles. The fraction of sp³-hybridized carbons (Fsp3) is 0.0800. The summed E-state index contributed by atoms with van der Waals surface area (Å²) in [5.41, 5.74) is 4.34. The highest BCUT2D eigenvalue weighted by Crippen LogP contribution is 2.30. The van der Waals surface area contributed by atoms with E-state index < -0.39 is 0 Å². The smallest absolute Gasteiger partial charge is 0.258 e. The van der Waals surface area contributed by atoms with E-state index in [0.29, 0.717) is 22.6 Å². The Kier molecular flexibility index (Phi) is 5.62. The van der Waals surface area contributed by atoms with Crippen LogP contribution < -0.4 is 15.5 Å². The third-order valence-corrected chi connectivity index (χ3v) is 4.88. The lowest BCUT2D eigenvalue weighted by molar-refractivity contribution is -0.115. The van der Waals surface area contributed by atoms with Crippen LogP contribution in [-0.4, -0.2) is 24.3 Å². The molecule has 3 amide bonds. The molecule has 0 fully saturated rings. The maximum atomic E-state index is 13.0. The minimum atomic E-state index is -0.278. The first kappa shape index (κ1) is 20.1. The molecular weight excluding hydrogens is 390 g/mol. The summed E-state index contributed by atoms with van der Waals surface area (Å²) >= 11 is 0. The molecular formula is C25H21N3O3. The number of benzene rings is 3. The van der Waals surface area contributed by atoms with Gasteiger partial charge in [-0.1, -0.05) is 42.0 Å². The second-order valence-corrected chi connectivity index (χ2v) is 7.27. The Labute approximate surface area is 180 Å². The number of fused-ring (bicyclic) bond motifs is 1. The van der Waals surface area contributed by atoms with Crippen LogP contribution in [0.1, 0.15) is 21.5 Å². The zero-order valence-electron chi connectivity index (χ0n) is 17.0. The molecule has 2 N–H and O–H groups in total. The van der Waals surface area contributed by atoms with Crippen LogP contribution in [0.15, 0.2) is 78.9 Å². The summed E-state index contributed by atoms with van der Waals surface area (Å²) in [6.07, 6.45) is 3.22. The van der Waals surface area contributed by atoms with E-state index in [0.717, 1.165) is 11.1 Å². The summed E-state index contributed by atoms with van der Waals surface area (Å²) < 4.78 is 0. The highest BCUT2D eigenvalue weighted by molar-refractivity contribution is 6.15. The number of nitrogens with one attached hydrogen (secondary N) is 2. The van der Waals surface area contributed by atoms with Crippen molar-refractivity contribution in [1.29, 1.82) is 0 Å². The minimum absolute atomic E-state index is 0.0436. The monoisotopic (exact) mass is 411 g/mol. The lowest BCUT2D eigenvalue weighted by Crippen LogP contribution is -2.42. The Morgan fingerprint density at radius 2 is 1.77 bits per heavy atom. The van der Waals surface area contributed by atoms with Crippen molar-refractivity contribution in [2.75, 3.05) is 22.1 Å². The third kappa shape index (κ3) is 4.70. The van der Waals surface area contributed by atoms with Gasteiger partial charge in [0.25, 0.3) is 5.91 Å². The molecule has 0 radical (unpaired) electrons. The first-order chi connectivity index (χ1) is 15.0. The van der Waals surface area contributed by atoms with E-state index in [-0.39, 0.29) is 24.3 Å². The molecule has 31 heavy (non-hydrogen) atoms. The van der Waals surface area contributed by atoms with E-state index in [4.69, 9.17) is 0 Å². The Hall–Kier alpha value is -4.19. The summed E-state index contributed by atoms with van der Waals surface area (Å²) in [5, 5.41) is 5.55. The van der Waals surface area contributed by atoms with Crippen LogP contribution in [0.4, 0.5) is 17.1 Å². The second-order valence-electron chi connectivity index (χ2n) is 7.27. The summed E-state index contributed by atoms with van der Waals surface area (Å²) in [4.78, 5) is 38.6. The molecule has 6 nitrogen and oxygen atoms in total. The normalized spacial score (nSPS) is 12.9. The van der Waals surface area contributed by atoms with E-state index in [2.05, 4.69) is 10.6 Å². The number of hydrogen-bond acceptors (Lipinski definition) is 3. The number of para-hydroxylation sites is 2. The van der Waals surface area contributed by atoms with Crippen LogP contribution in [0.25, 0.3) is 6.08 Å². The Morgan fingerprint density at radius 1 is 1.00 bits per heavy atom. The van der Waals surface area contributed by atoms with E-state index in [1.54, 1.807) is 48.5 Å². The van der Waals surface area contributed by atoms with Crippen LogP contribution in [0, 0.1) is 6.92 Å². The van der Waals surface area contributed by atoms with E-state index >= 15 is 0 Å². The molecule has 3 aromatic rings. The predicted molar refractivity (Wildman–Crippen MR) is 122 cm³/mol. The number of anilines is 3. The summed E-state index contributed by atoms with van der Waals surface area (Å²) in [5.74, 6) is -0.780. The number of nitrogens with zero attached hydrogens (tertiary/aromatic N) is 1. The SMILES string of the molecule is Cc1cccc(/C=C/C(=O)Nc2ccc(C(=O)N3CC(=O)Nc4ccccc43)cc2)c1. The van der Waals surface area contributed by atoms with Gasteiger partial charge in [-0.15, -0.1) is 0 Å². The van der Waals surface area contributed by atoms with Crippen molar-refractivity contribution < 1.29 is 14.4 Å². The van der Waals surface area contributed by atoms with Crippen LogP contribution in [0.3, 0.4) is 0 Å². The van der Waals surface area contributed by atoms with Gasteiger partial charge < -0.3 is 10.6 Å². The predicted octanol–water partition coefficient (Wildman–Crippen LogP) is 4.25. The lowest BCUT2D eigenvalue weighted by atomic mass is 10.1. The van der Waals surface area contributed by atoms with Gasteiger partial charge in [-0.3, -0.25) is 19.3 Å². The van der Waals surface area contributed by atoms with Crippen LogP contribution in [0.2, 0.25) is 0 Å². The molecule has 4 rings (SSSR count). The standard InChI is InChI=1S/C25H21N3O3/c1-17-5-4-6-18(15-17)9-14-23(29)26-20-12-10-19(11-13-20)25(31)28-16-24(30)27-21-7-2-3-8-22(21)28/h2-15H,16H2,1H3,(H,26,29)(H,27,30)/b14-9+. The molecule has 0 atom stereocenters. The molecule has 1 aliphatic rings. The molecule has 6 heteroatoms. The molecule has 1 aliphatic heterocycles. The van der Waals surface area contributed by atoms with Gasteiger partial charge in [0, 0.05) is 17.3 Å². The first-order valence-electron chi connectivity index (χ1n) is 9.86. The topological polar surface area (TPSA) is 78.5 Å². The molecule has 3 aromatic carbocycles. The molecule has 0 aliphatic carbocycles. The molecule has 1 heterocycles. The van der Waals surface area contributed by atoms with Crippen molar-refractivity contribution in [1.82, 2.24) is 0 Å². The number of rotatable bonds is 4. The minimum Gasteiger partial charge on any atom is -0.323 e. The molecule has 0 bridgehead atoms. The third-order valence-electron chi connectivity index (χ3n) is 4.88. The summed E-state index contributed by atoms with van der Waals surface area (Å²) in [6, 6.07) is 21.6. The fourth-order valence-electron chi connectivity index (χ4n) is 3.40. The van der Waals surface area contributed by atoms with Crippen molar-refractivity contribution >= 4 is 40.9 Å². The zero-order valence-corrected chi connectivity index (χ0v) is 17.0. The van der Waals surface area contributed by atoms with Crippen molar-refractivity contribution in [3.63, 3.8) is 0 Å². The van der Waals surface area contributed by atoms with Gasteiger partial charge in [-0.25, -0.2) is 0 Å². The Balaban J connectivity index is 1.44. The zero-order chi connectivity index (χ0) is 21.8. The maximum absolute atomic E-state index is 13.0. The molecule has 154 valence electrons. The summed E-state index contributed by atoms with van der Waals surface area (Å²) in [6.45, 7) is 1.95. The highest BCUT2D eigenvalue weighted by Gasteiger charge is 2.27. The van der Waals surface area contributed by atoms with Gasteiger partial charge in [0.15, 0.2) is 0 Å².